The fraction of sp³-hybridized carbons (Fsp3) is 0.455. The molecule has 0 radical (unpaired) electrons. The van der Waals surface area contributed by atoms with Crippen molar-refractivity contribution >= 4 is 0 Å². The Morgan fingerprint density at radius 2 is 2.14 bits per heavy atom. The molecule has 78 valence electrons. The predicted molar refractivity (Wildman–Crippen MR) is 56.4 cm³/mol. The molecular formula is C11H17FN2. The summed E-state index contributed by atoms with van der Waals surface area (Å²) in [5.74, 6) is -0.222. The second-order valence-corrected chi connectivity index (χ2v) is 3.56. The molecule has 14 heavy (non-hydrogen) atoms. The van der Waals surface area contributed by atoms with Gasteiger partial charge in [0.2, 0.25) is 0 Å². The molecule has 0 aliphatic heterocycles. The molecule has 1 aromatic rings. The van der Waals surface area contributed by atoms with Gasteiger partial charge in [-0.25, -0.2) is 4.39 Å². The standard InChI is InChI=1S/C11H17FN2/c1-8-4-5-10(12)9(7-8)11(14)3-2-6-13/h4-5,7,11H,2-3,6,13-14H2,1H3/t11-/m0/s1. The van der Waals surface area contributed by atoms with Crippen LogP contribution >= 0.6 is 0 Å². The number of rotatable bonds is 4. The summed E-state index contributed by atoms with van der Waals surface area (Å²) in [6.45, 7) is 2.53. The molecule has 1 aromatic carbocycles. The van der Waals surface area contributed by atoms with Crippen molar-refractivity contribution in [1.82, 2.24) is 0 Å². The van der Waals surface area contributed by atoms with E-state index in [-0.39, 0.29) is 11.9 Å². The molecule has 0 amide bonds. The summed E-state index contributed by atoms with van der Waals surface area (Å²) >= 11 is 0. The molecule has 0 aliphatic carbocycles. The molecule has 4 N–H and O–H groups in total. The normalized spacial score (nSPS) is 12.9. The third kappa shape index (κ3) is 2.79. The first kappa shape index (κ1) is 11.1. The SMILES string of the molecule is Cc1ccc(F)c([C@@H](N)CCCN)c1. The molecule has 0 saturated carbocycles. The van der Waals surface area contributed by atoms with Gasteiger partial charge in [-0.3, -0.25) is 0 Å². The molecule has 0 bridgehead atoms. The van der Waals surface area contributed by atoms with E-state index in [9.17, 15) is 4.39 Å². The summed E-state index contributed by atoms with van der Waals surface area (Å²) in [6.07, 6.45) is 1.56. The fourth-order valence-electron chi connectivity index (χ4n) is 1.44. The van der Waals surface area contributed by atoms with Crippen LogP contribution in [0.1, 0.15) is 30.0 Å². The molecule has 0 aliphatic rings. The van der Waals surface area contributed by atoms with Gasteiger partial charge < -0.3 is 11.5 Å². The topological polar surface area (TPSA) is 52.0 Å². The van der Waals surface area contributed by atoms with Gasteiger partial charge in [-0.2, -0.15) is 0 Å². The summed E-state index contributed by atoms with van der Waals surface area (Å²) in [5.41, 5.74) is 12.9. The highest BCUT2D eigenvalue weighted by Crippen LogP contribution is 2.20. The average Bonchev–Trinajstić information content (AvgIpc) is 2.18. The van der Waals surface area contributed by atoms with E-state index in [0.29, 0.717) is 12.1 Å². The smallest absolute Gasteiger partial charge is 0.127 e. The van der Waals surface area contributed by atoms with E-state index in [0.717, 1.165) is 18.4 Å². The van der Waals surface area contributed by atoms with Crippen molar-refractivity contribution in [2.45, 2.75) is 25.8 Å². The Labute approximate surface area is 84.1 Å². The van der Waals surface area contributed by atoms with Crippen LogP contribution < -0.4 is 11.5 Å². The summed E-state index contributed by atoms with van der Waals surface area (Å²) in [7, 11) is 0. The van der Waals surface area contributed by atoms with Crippen molar-refractivity contribution in [3.8, 4) is 0 Å². The van der Waals surface area contributed by atoms with Crippen LogP contribution in [-0.4, -0.2) is 6.54 Å². The van der Waals surface area contributed by atoms with Crippen molar-refractivity contribution in [2.24, 2.45) is 11.5 Å². The summed E-state index contributed by atoms with van der Waals surface area (Å²) in [6, 6.07) is 4.77. The van der Waals surface area contributed by atoms with Crippen LogP contribution in [0.5, 0.6) is 0 Å². The molecule has 0 heterocycles. The zero-order valence-electron chi connectivity index (χ0n) is 8.46. The Kier molecular flexibility index (Phi) is 4.04. The van der Waals surface area contributed by atoms with Gasteiger partial charge in [-0.1, -0.05) is 17.7 Å². The summed E-state index contributed by atoms with van der Waals surface area (Å²) < 4.78 is 13.3. The van der Waals surface area contributed by atoms with E-state index in [1.54, 1.807) is 12.1 Å². The van der Waals surface area contributed by atoms with Crippen molar-refractivity contribution in [3.05, 3.63) is 35.1 Å². The van der Waals surface area contributed by atoms with Crippen LogP contribution in [0.15, 0.2) is 18.2 Å². The van der Waals surface area contributed by atoms with Gasteiger partial charge >= 0.3 is 0 Å². The Balaban J connectivity index is 2.77. The van der Waals surface area contributed by atoms with Crippen molar-refractivity contribution in [2.75, 3.05) is 6.54 Å². The number of hydrogen-bond acceptors (Lipinski definition) is 2. The quantitative estimate of drug-likeness (QED) is 0.772. The Morgan fingerprint density at radius 1 is 1.43 bits per heavy atom. The number of halogens is 1. The maximum atomic E-state index is 13.3. The van der Waals surface area contributed by atoms with E-state index in [1.165, 1.54) is 6.07 Å². The van der Waals surface area contributed by atoms with Crippen LogP contribution in [-0.2, 0) is 0 Å². The lowest BCUT2D eigenvalue weighted by Gasteiger charge is -2.12. The van der Waals surface area contributed by atoms with Gasteiger partial charge in [0.1, 0.15) is 5.82 Å². The molecule has 2 nitrogen and oxygen atoms in total. The third-order valence-electron chi connectivity index (χ3n) is 2.27. The van der Waals surface area contributed by atoms with Crippen LogP contribution in [0.25, 0.3) is 0 Å². The van der Waals surface area contributed by atoms with Crippen molar-refractivity contribution in [1.29, 1.82) is 0 Å². The summed E-state index contributed by atoms with van der Waals surface area (Å²) in [4.78, 5) is 0. The lowest BCUT2D eigenvalue weighted by molar-refractivity contribution is 0.553. The van der Waals surface area contributed by atoms with Crippen LogP contribution in [0.3, 0.4) is 0 Å². The first-order valence-electron chi connectivity index (χ1n) is 4.87. The van der Waals surface area contributed by atoms with E-state index < -0.39 is 0 Å². The molecule has 1 rings (SSSR count). The molecule has 0 saturated heterocycles. The number of nitrogens with two attached hydrogens (primary N) is 2. The maximum Gasteiger partial charge on any atom is 0.127 e. The minimum Gasteiger partial charge on any atom is -0.330 e. The molecule has 0 fully saturated rings. The van der Waals surface area contributed by atoms with Gasteiger partial charge in [0, 0.05) is 11.6 Å². The van der Waals surface area contributed by atoms with E-state index in [2.05, 4.69) is 0 Å². The zero-order chi connectivity index (χ0) is 10.6. The molecule has 0 unspecified atom stereocenters. The Hall–Kier alpha value is -0.930. The Bertz CT molecular complexity index is 299. The second kappa shape index (κ2) is 5.08. The van der Waals surface area contributed by atoms with Crippen molar-refractivity contribution in [3.63, 3.8) is 0 Å². The zero-order valence-corrected chi connectivity index (χ0v) is 8.46. The first-order chi connectivity index (χ1) is 6.65. The van der Waals surface area contributed by atoms with E-state index >= 15 is 0 Å². The number of aryl methyl sites for hydroxylation is 1. The van der Waals surface area contributed by atoms with Crippen LogP contribution in [0, 0.1) is 12.7 Å². The van der Waals surface area contributed by atoms with E-state index in [1.807, 2.05) is 6.92 Å². The predicted octanol–water partition coefficient (Wildman–Crippen LogP) is 1.87. The highest BCUT2D eigenvalue weighted by molar-refractivity contribution is 5.26. The summed E-state index contributed by atoms with van der Waals surface area (Å²) in [5, 5.41) is 0. The number of hydrogen-bond donors (Lipinski definition) is 2. The largest absolute Gasteiger partial charge is 0.330 e. The third-order valence-corrected chi connectivity index (χ3v) is 2.27. The number of benzene rings is 1. The fourth-order valence-corrected chi connectivity index (χ4v) is 1.44. The van der Waals surface area contributed by atoms with E-state index in [4.69, 9.17) is 11.5 Å². The van der Waals surface area contributed by atoms with Crippen LogP contribution in [0.2, 0.25) is 0 Å². The second-order valence-electron chi connectivity index (χ2n) is 3.56. The minimum atomic E-state index is -0.238. The molecular weight excluding hydrogens is 179 g/mol. The highest BCUT2D eigenvalue weighted by Gasteiger charge is 2.10. The lowest BCUT2D eigenvalue weighted by Crippen LogP contribution is -2.14. The Morgan fingerprint density at radius 3 is 2.79 bits per heavy atom. The maximum absolute atomic E-state index is 13.3. The van der Waals surface area contributed by atoms with Gasteiger partial charge in [-0.15, -0.1) is 0 Å². The monoisotopic (exact) mass is 196 g/mol. The molecule has 1 atom stereocenters. The minimum absolute atomic E-state index is 0.222. The highest BCUT2D eigenvalue weighted by atomic mass is 19.1. The van der Waals surface area contributed by atoms with Gasteiger partial charge in [0.05, 0.1) is 0 Å². The van der Waals surface area contributed by atoms with Gasteiger partial charge in [-0.05, 0) is 32.4 Å². The van der Waals surface area contributed by atoms with Gasteiger partial charge in [0.25, 0.3) is 0 Å². The molecule has 3 heteroatoms. The van der Waals surface area contributed by atoms with Crippen molar-refractivity contribution < 1.29 is 4.39 Å². The van der Waals surface area contributed by atoms with Crippen LogP contribution in [0.4, 0.5) is 4.39 Å². The lowest BCUT2D eigenvalue weighted by atomic mass is 10.0. The average molecular weight is 196 g/mol. The molecule has 0 spiro atoms. The molecule has 0 aromatic heterocycles. The van der Waals surface area contributed by atoms with Gasteiger partial charge in [0.15, 0.2) is 0 Å². The first-order valence-corrected chi connectivity index (χ1v) is 4.87.